The average Bonchev–Trinajstić information content (AvgIpc) is 3.25. The molecule has 3 heterocycles. The molecule has 0 spiro atoms. The summed E-state index contributed by atoms with van der Waals surface area (Å²) >= 11 is 0. The van der Waals surface area contributed by atoms with Crippen LogP contribution in [0.15, 0.2) is 6.07 Å². The van der Waals surface area contributed by atoms with Crippen molar-refractivity contribution in [1.29, 1.82) is 0 Å². The second-order valence-corrected chi connectivity index (χ2v) is 6.68. The van der Waals surface area contributed by atoms with Crippen LogP contribution in [0, 0.1) is 0 Å². The van der Waals surface area contributed by atoms with E-state index in [1.807, 2.05) is 6.07 Å². The van der Waals surface area contributed by atoms with Crippen LogP contribution in [-0.4, -0.2) is 46.6 Å². The number of nitrogens with one attached hydrogen (secondary N) is 1. The first-order valence-electron chi connectivity index (χ1n) is 8.11. The minimum Gasteiger partial charge on any atom is -0.351 e. The highest BCUT2D eigenvalue weighted by atomic mass is 15.3. The molecule has 1 saturated carbocycles. The number of nitrogens with zero attached hydrogens (tertiary/aromatic N) is 4. The van der Waals surface area contributed by atoms with Crippen molar-refractivity contribution in [2.24, 2.45) is 5.84 Å². The zero-order valence-corrected chi connectivity index (χ0v) is 12.6. The van der Waals surface area contributed by atoms with Gasteiger partial charge in [-0.3, -0.25) is 4.90 Å². The molecular formula is C15H24N6. The number of hydrogen-bond donors (Lipinski definition) is 2. The van der Waals surface area contributed by atoms with Gasteiger partial charge in [0.25, 0.3) is 0 Å². The number of hydrogen-bond acceptors (Lipinski definition) is 6. The number of nitrogens with two attached hydrogens (primary N) is 1. The van der Waals surface area contributed by atoms with Crippen LogP contribution in [0.5, 0.6) is 0 Å². The van der Waals surface area contributed by atoms with E-state index in [1.165, 1.54) is 32.2 Å². The van der Waals surface area contributed by atoms with E-state index in [0.717, 1.165) is 30.5 Å². The molecule has 0 aromatic carbocycles. The molecule has 1 aliphatic carbocycles. The molecule has 21 heavy (non-hydrogen) atoms. The highest BCUT2D eigenvalue weighted by Gasteiger charge is 2.36. The summed E-state index contributed by atoms with van der Waals surface area (Å²) in [7, 11) is 0. The zero-order chi connectivity index (χ0) is 14.4. The number of fused-ring (bicyclic) bond motifs is 1. The van der Waals surface area contributed by atoms with Crippen molar-refractivity contribution in [3.05, 3.63) is 11.9 Å². The topological polar surface area (TPSA) is 70.3 Å². The van der Waals surface area contributed by atoms with Gasteiger partial charge in [-0.25, -0.2) is 15.8 Å². The Morgan fingerprint density at radius 1 is 1.24 bits per heavy atom. The fourth-order valence-electron chi connectivity index (χ4n) is 3.70. The molecule has 3 N–H and O–H groups in total. The Morgan fingerprint density at radius 3 is 2.86 bits per heavy atom. The summed E-state index contributed by atoms with van der Waals surface area (Å²) in [6.07, 6.45) is 5.06. The second-order valence-electron chi connectivity index (χ2n) is 6.68. The Hall–Kier alpha value is -1.40. The molecule has 1 aromatic rings. The van der Waals surface area contributed by atoms with Crippen LogP contribution < -0.4 is 16.2 Å². The lowest BCUT2D eigenvalue weighted by Crippen LogP contribution is -2.55. The van der Waals surface area contributed by atoms with Gasteiger partial charge in [-0.2, -0.15) is 0 Å². The standard InChI is InChI=1S/C15H24N6/c1-10-8-20-6-2-3-12(20)9-21(10)14-7-13(19-16)17-15(18-14)11-4-5-11/h7,10-12H,2-6,8-9,16H2,1H3,(H,17,18,19). The third kappa shape index (κ3) is 2.46. The van der Waals surface area contributed by atoms with Crippen LogP contribution >= 0.6 is 0 Å². The van der Waals surface area contributed by atoms with Crippen LogP contribution in [0.1, 0.15) is 44.3 Å². The molecule has 2 saturated heterocycles. The highest BCUT2D eigenvalue weighted by molar-refractivity contribution is 5.50. The molecule has 114 valence electrons. The largest absolute Gasteiger partial charge is 0.351 e. The van der Waals surface area contributed by atoms with Gasteiger partial charge in [0.2, 0.25) is 0 Å². The van der Waals surface area contributed by atoms with Gasteiger partial charge < -0.3 is 10.3 Å². The van der Waals surface area contributed by atoms with Gasteiger partial charge in [0.15, 0.2) is 0 Å². The monoisotopic (exact) mass is 288 g/mol. The molecule has 0 bridgehead atoms. The Morgan fingerprint density at radius 2 is 2.10 bits per heavy atom. The zero-order valence-electron chi connectivity index (χ0n) is 12.6. The van der Waals surface area contributed by atoms with Gasteiger partial charge in [-0.05, 0) is 39.2 Å². The number of piperazine rings is 1. The van der Waals surface area contributed by atoms with Crippen molar-refractivity contribution in [3.8, 4) is 0 Å². The molecule has 6 heteroatoms. The van der Waals surface area contributed by atoms with Crippen LogP contribution in [0.3, 0.4) is 0 Å². The van der Waals surface area contributed by atoms with Gasteiger partial charge in [0.1, 0.15) is 17.5 Å². The van der Waals surface area contributed by atoms with E-state index in [2.05, 4.69) is 27.1 Å². The third-order valence-corrected chi connectivity index (χ3v) is 5.05. The fourth-order valence-corrected chi connectivity index (χ4v) is 3.70. The molecule has 4 rings (SSSR count). The summed E-state index contributed by atoms with van der Waals surface area (Å²) in [6, 6.07) is 3.18. The molecule has 0 amide bonds. The van der Waals surface area contributed by atoms with Crippen molar-refractivity contribution in [2.75, 3.05) is 30.0 Å². The molecule has 1 aromatic heterocycles. The first kappa shape index (κ1) is 13.3. The summed E-state index contributed by atoms with van der Waals surface area (Å²) in [5.74, 6) is 8.87. The number of aromatic nitrogens is 2. The molecule has 0 radical (unpaired) electrons. The van der Waals surface area contributed by atoms with Crippen LogP contribution in [0.25, 0.3) is 0 Å². The third-order valence-electron chi connectivity index (χ3n) is 5.05. The van der Waals surface area contributed by atoms with Crippen LogP contribution in [0.2, 0.25) is 0 Å². The molecule has 2 aliphatic heterocycles. The van der Waals surface area contributed by atoms with Crippen LogP contribution in [0.4, 0.5) is 11.6 Å². The minimum atomic E-state index is 0.493. The van der Waals surface area contributed by atoms with E-state index in [-0.39, 0.29) is 0 Å². The van der Waals surface area contributed by atoms with E-state index in [9.17, 15) is 0 Å². The van der Waals surface area contributed by atoms with E-state index in [4.69, 9.17) is 10.8 Å². The van der Waals surface area contributed by atoms with Gasteiger partial charge in [0.05, 0.1) is 0 Å². The second kappa shape index (κ2) is 5.10. The van der Waals surface area contributed by atoms with Gasteiger partial charge in [0, 0.05) is 37.2 Å². The quantitative estimate of drug-likeness (QED) is 0.645. The maximum Gasteiger partial charge on any atom is 0.145 e. The molecular weight excluding hydrogens is 264 g/mol. The normalized spacial score (nSPS) is 29.5. The summed E-state index contributed by atoms with van der Waals surface area (Å²) in [4.78, 5) is 14.4. The lowest BCUT2D eigenvalue weighted by molar-refractivity contribution is 0.202. The van der Waals surface area contributed by atoms with Crippen molar-refractivity contribution < 1.29 is 0 Å². The molecule has 3 aliphatic rings. The predicted octanol–water partition coefficient (Wildman–Crippen LogP) is 1.31. The smallest absolute Gasteiger partial charge is 0.145 e. The number of anilines is 2. The summed E-state index contributed by atoms with van der Waals surface area (Å²) in [5, 5.41) is 0. The lowest BCUT2D eigenvalue weighted by Gasteiger charge is -2.43. The minimum absolute atomic E-state index is 0.493. The Labute approximate surface area is 125 Å². The Kier molecular flexibility index (Phi) is 3.23. The summed E-state index contributed by atoms with van der Waals surface area (Å²) < 4.78 is 0. The van der Waals surface area contributed by atoms with E-state index < -0.39 is 0 Å². The number of hydrazine groups is 1. The van der Waals surface area contributed by atoms with Crippen molar-refractivity contribution in [2.45, 2.75) is 50.6 Å². The number of nitrogen functional groups attached to an aromatic ring is 1. The van der Waals surface area contributed by atoms with Crippen molar-refractivity contribution in [1.82, 2.24) is 14.9 Å². The first-order valence-corrected chi connectivity index (χ1v) is 8.11. The van der Waals surface area contributed by atoms with Crippen molar-refractivity contribution >= 4 is 11.6 Å². The van der Waals surface area contributed by atoms with E-state index >= 15 is 0 Å². The Bertz CT molecular complexity index is 529. The van der Waals surface area contributed by atoms with Gasteiger partial charge in [-0.15, -0.1) is 0 Å². The Balaban J connectivity index is 1.63. The lowest BCUT2D eigenvalue weighted by atomic mass is 10.1. The SMILES string of the molecule is CC1CN2CCCC2CN1c1cc(NN)nc(C2CC2)n1. The van der Waals surface area contributed by atoms with Gasteiger partial charge in [-0.1, -0.05) is 0 Å². The fraction of sp³-hybridized carbons (Fsp3) is 0.733. The molecule has 6 nitrogen and oxygen atoms in total. The maximum atomic E-state index is 5.59. The van der Waals surface area contributed by atoms with E-state index in [0.29, 0.717) is 18.0 Å². The summed E-state index contributed by atoms with van der Waals surface area (Å²) in [6.45, 7) is 5.77. The number of rotatable bonds is 3. The first-order chi connectivity index (χ1) is 10.2. The van der Waals surface area contributed by atoms with E-state index in [1.54, 1.807) is 0 Å². The van der Waals surface area contributed by atoms with Gasteiger partial charge >= 0.3 is 0 Å². The maximum absolute atomic E-state index is 5.59. The molecule has 3 fully saturated rings. The molecule has 2 unspecified atom stereocenters. The highest BCUT2D eigenvalue weighted by Crippen LogP contribution is 2.39. The van der Waals surface area contributed by atoms with Crippen molar-refractivity contribution in [3.63, 3.8) is 0 Å². The predicted molar refractivity (Wildman–Crippen MR) is 83.2 cm³/mol. The molecule has 2 atom stereocenters. The van der Waals surface area contributed by atoms with Crippen LogP contribution in [-0.2, 0) is 0 Å². The summed E-state index contributed by atoms with van der Waals surface area (Å²) in [5.41, 5.74) is 2.70. The average molecular weight is 288 g/mol.